The highest BCUT2D eigenvalue weighted by molar-refractivity contribution is 5.80. The fourth-order valence-corrected chi connectivity index (χ4v) is 2.47. The molecule has 3 N–H and O–H groups in total. The summed E-state index contributed by atoms with van der Waals surface area (Å²) in [6.07, 6.45) is 3.60. The molecule has 1 aliphatic rings. The van der Waals surface area contributed by atoms with Gasteiger partial charge in [0.05, 0.1) is 13.7 Å². The highest BCUT2D eigenvalue weighted by atomic mass is 16.5. The number of carbonyl (C=O) groups is 1. The number of hydrogen-bond donors (Lipinski definition) is 3. The van der Waals surface area contributed by atoms with E-state index in [1.54, 1.807) is 7.11 Å². The zero-order chi connectivity index (χ0) is 18.1. The van der Waals surface area contributed by atoms with Gasteiger partial charge < -0.3 is 20.7 Å². The van der Waals surface area contributed by atoms with E-state index in [0.717, 1.165) is 49.6 Å². The van der Waals surface area contributed by atoms with Gasteiger partial charge in [0.2, 0.25) is 5.91 Å². The molecule has 25 heavy (non-hydrogen) atoms. The maximum absolute atomic E-state index is 11.7. The smallest absolute Gasteiger partial charge is 0.220 e. The Bertz CT molecular complexity index is 597. The van der Waals surface area contributed by atoms with Crippen LogP contribution >= 0.6 is 0 Å². The first-order valence-electron chi connectivity index (χ1n) is 9.07. The second-order valence-electron chi connectivity index (χ2n) is 6.38. The second kappa shape index (κ2) is 9.91. The summed E-state index contributed by atoms with van der Waals surface area (Å²) in [6, 6.07) is 6.56. The predicted molar refractivity (Wildman–Crippen MR) is 101 cm³/mol. The monoisotopic (exact) mass is 346 g/mol. The summed E-state index contributed by atoms with van der Waals surface area (Å²) in [5, 5.41) is 9.52. The van der Waals surface area contributed by atoms with Crippen molar-refractivity contribution in [3.63, 3.8) is 0 Å². The zero-order valence-corrected chi connectivity index (χ0v) is 15.5. The summed E-state index contributed by atoms with van der Waals surface area (Å²) in [5.74, 6) is 1.76. The van der Waals surface area contributed by atoms with Gasteiger partial charge in [-0.05, 0) is 44.7 Å². The number of ether oxygens (including phenoxy) is 1. The van der Waals surface area contributed by atoms with Crippen LogP contribution in [0.25, 0.3) is 0 Å². The van der Waals surface area contributed by atoms with Crippen molar-refractivity contribution in [2.24, 2.45) is 4.99 Å². The van der Waals surface area contributed by atoms with E-state index in [9.17, 15) is 4.79 Å². The summed E-state index contributed by atoms with van der Waals surface area (Å²) in [7, 11) is 1.68. The van der Waals surface area contributed by atoms with Crippen LogP contribution in [0.3, 0.4) is 0 Å². The van der Waals surface area contributed by atoms with Gasteiger partial charge in [0.25, 0.3) is 0 Å². The van der Waals surface area contributed by atoms with Gasteiger partial charge in [0.1, 0.15) is 5.75 Å². The third-order valence-corrected chi connectivity index (χ3v) is 4.01. The highest BCUT2D eigenvalue weighted by Crippen LogP contribution is 2.20. The Hall–Kier alpha value is -2.24. The molecule has 0 aromatic heterocycles. The lowest BCUT2D eigenvalue weighted by Crippen LogP contribution is -2.38. The lowest BCUT2D eigenvalue weighted by molar-refractivity contribution is -0.121. The van der Waals surface area contributed by atoms with Crippen LogP contribution in [-0.4, -0.2) is 38.1 Å². The molecule has 0 unspecified atom stereocenters. The molecule has 138 valence electrons. The molecule has 0 heterocycles. The van der Waals surface area contributed by atoms with Crippen LogP contribution < -0.4 is 20.7 Å². The number of nitrogens with one attached hydrogen (secondary N) is 3. The number of aryl methyl sites for hydroxylation is 1. The van der Waals surface area contributed by atoms with Crippen molar-refractivity contribution in [2.45, 2.75) is 52.1 Å². The number of amides is 1. The number of guanidine groups is 1. The van der Waals surface area contributed by atoms with Gasteiger partial charge in [0.15, 0.2) is 5.96 Å². The number of nitrogens with zero attached hydrogens (tertiary/aromatic N) is 1. The number of methoxy groups -OCH3 is 1. The molecule has 0 radical (unpaired) electrons. The molecule has 6 nitrogen and oxygen atoms in total. The van der Waals surface area contributed by atoms with Crippen LogP contribution in [0.5, 0.6) is 5.75 Å². The van der Waals surface area contributed by atoms with Crippen molar-refractivity contribution in [3.8, 4) is 5.75 Å². The Morgan fingerprint density at radius 1 is 1.32 bits per heavy atom. The van der Waals surface area contributed by atoms with Crippen LogP contribution in [-0.2, 0) is 11.3 Å². The lowest BCUT2D eigenvalue weighted by Gasteiger charge is -2.12. The van der Waals surface area contributed by atoms with E-state index in [1.807, 2.05) is 26.0 Å². The van der Waals surface area contributed by atoms with Gasteiger partial charge in [-0.25, -0.2) is 4.99 Å². The van der Waals surface area contributed by atoms with Gasteiger partial charge in [-0.2, -0.15) is 0 Å². The summed E-state index contributed by atoms with van der Waals surface area (Å²) in [4.78, 5) is 16.3. The van der Waals surface area contributed by atoms with E-state index in [1.165, 1.54) is 5.56 Å². The largest absolute Gasteiger partial charge is 0.496 e. The molecule has 1 aromatic rings. The number of aliphatic imine (C=N–C) groups is 1. The number of hydrogen-bond acceptors (Lipinski definition) is 3. The van der Waals surface area contributed by atoms with Crippen LogP contribution in [0.2, 0.25) is 0 Å². The maximum Gasteiger partial charge on any atom is 0.220 e. The van der Waals surface area contributed by atoms with Gasteiger partial charge >= 0.3 is 0 Å². The molecular weight excluding hydrogens is 316 g/mol. The molecule has 1 amide bonds. The van der Waals surface area contributed by atoms with Gasteiger partial charge in [-0.15, -0.1) is 0 Å². The average Bonchev–Trinajstić information content (AvgIpc) is 3.41. The molecule has 1 aliphatic carbocycles. The van der Waals surface area contributed by atoms with Gasteiger partial charge in [-0.3, -0.25) is 4.79 Å². The first-order chi connectivity index (χ1) is 12.1. The third kappa shape index (κ3) is 7.03. The minimum absolute atomic E-state index is 0.149. The Morgan fingerprint density at radius 2 is 2.12 bits per heavy atom. The van der Waals surface area contributed by atoms with E-state index in [2.05, 4.69) is 27.0 Å². The first-order valence-corrected chi connectivity index (χ1v) is 9.07. The summed E-state index contributed by atoms with van der Waals surface area (Å²) >= 11 is 0. The Balaban J connectivity index is 1.80. The molecule has 1 saturated carbocycles. The minimum Gasteiger partial charge on any atom is -0.496 e. The molecule has 6 heteroatoms. The molecule has 0 atom stereocenters. The first kappa shape index (κ1) is 19.1. The van der Waals surface area contributed by atoms with E-state index in [-0.39, 0.29) is 5.91 Å². The van der Waals surface area contributed by atoms with Crippen molar-refractivity contribution >= 4 is 11.9 Å². The van der Waals surface area contributed by atoms with E-state index in [0.29, 0.717) is 19.0 Å². The molecule has 0 aliphatic heterocycles. The second-order valence-corrected chi connectivity index (χ2v) is 6.38. The number of carbonyl (C=O) groups excluding carboxylic acids is 1. The van der Waals surface area contributed by atoms with Crippen molar-refractivity contribution in [2.75, 3.05) is 20.2 Å². The number of rotatable bonds is 9. The molecular formula is C19H30N4O2. The van der Waals surface area contributed by atoms with Crippen molar-refractivity contribution < 1.29 is 9.53 Å². The normalized spacial score (nSPS) is 14.1. The Kier molecular flexibility index (Phi) is 7.57. The summed E-state index contributed by atoms with van der Waals surface area (Å²) in [6.45, 7) is 6.13. The molecule has 1 fully saturated rings. The van der Waals surface area contributed by atoms with E-state index < -0.39 is 0 Å². The molecule has 2 rings (SSSR count). The summed E-state index contributed by atoms with van der Waals surface area (Å²) < 4.78 is 5.43. The predicted octanol–water partition coefficient (Wildman–Crippen LogP) is 2.12. The quantitative estimate of drug-likeness (QED) is 0.364. The van der Waals surface area contributed by atoms with Gasteiger partial charge in [0, 0.05) is 31.1 Å². The topological polar surface area (TPSA) is 74.8 Å². The number of benzene rings is 1. The zero-order valence-electron chi connectivity index (χ0n) is 15.5. The van der Waals surface area contributed by atoms with Crippen LogP contribution in [0.15, 0.2) is 23.2 Å². The Morgan fingerprint density at radius 3 is 2.80 bits per heavy atom. The fourth-order valence-electron chi connectivity index (χ4n) is 2.47. The molecule has 0 saturated heterocycles. The molecule has 0 bridgehead atoms. The van der Waals surface area contributed by atoms with Crippen LogP contribution in [0, 0.1) is 6.92 Å². The van der Waals surface area contributed by atoms with Crippen molar-refractivity contribution in [1.82, 2.24) is 16.0 Å². The average molecular weight is 346 g/mol. The Labute approximate surface area is 150 Å². The van der Waals surface area contributed by atoms with Crippen molar-refractivity contribution in [3.05, 3.63) is 29.3 Å². The maximum atomic E-state index is 11.7. The summed E-state index contributed by atoms with van der Waals surface area (Å²) in [5.41, 5.74) is 2.22. The standard InChI is InChI=1S/C19H30N4O2/c1-4-20-19(21-11-5-6-18(24)23-16-9-10-16)22-13-15-8-7-14(2)12-17(15)25-3/h7-8,12,16H,4-6,9-11,13H2,1-3H3,(H,23,24)(H2,20,21,22). The van der Waals surface area contributed by atoms with Crippen LogP contribution in [0.1, 0.15) is 43.7 Å². The molecule has 0 spiro atoms. The van der Waals surface area contributed by atoms with Crippen molar-refractivity contribution in [1.29, 1.82) is 0 Å². The lowest BCUT2D eigenvalue weighted by atomic mass is 10.1. The third-order valence-electron chi connectivity index (χ3n) is 4.01. The highest BCUT2D eigenvalue weighted by Gasteiger charge is 2.22. The minimum atomic E-state index is 0.149. The van der Waals surface area contributed by atoms with Gasteiger partial charge in [-0.1, -0.05) is 12.1 Å². The van der Waals surface area contributed by atoms with E-state index >= 15 is 0 Å². The van der Waals surface area contributed by atoms with Crippen LogP contribution in [0.4, 0.5) is 0 Å². The molecule has 1 aromatic carbocycles. The SMILES string of the molecule is CCNC(=NCc1ccc(C)cc1OC)NCCCC(=O)NC1CC1. The van der Waals surface area contributed by atoms with E-state index in [4.69, 9.17) is 4.74 Å². The fraction of sp³-hybridized carbons (Fsp3) is 0.579.